The molecular weight excluding hydrogens is 891 g/mol. The molecule has 0 spiro atoms. The maximum absolute atomic E-state index is 14.9. The Morgan fingerprint density at radius 3 is 2.23 bits per heavy atom. The van der Waals surface area contributed by atoms with Crippen LogP contribution in [0.5, 0.6) is 17.2 Å². The first-order chi connectivity index (χ1) is 33.7. The number of thioether (sulfide) groups is 1. The van der Waals surface area contributed by atoms with Crippen LogP contribution in [-0.2, 0) is 21.0 Å². The molecule has 12 nitrogen and oxygen atoms in total. The largest absolute Gasteiger partial charge is 0.459 e. The first kappa shape index (κ1) is 53.7. The number of oxime groups is 1. The quantitative estimate of drug-likeness (QED) is 0.0209. The predicted molar refractivity (Wildman–Crippen MR) is 275 cm³/mol. The number of nitrogens with zero attached hydrogens (tertiary/aromatic N) is 3. The fourth-order valence-electron chi connectivity index (χ4n) is 10.8. The Morgan fingerprint density at radius 1 is 0.899 bits per heavy atom. The van der Waals surface area contributed by atoms with Gasteiger partial charge in [0.2, 0.25) is 11.7 Å². The minimum Gasteiger partial charge on any atom is -0.459 e. The number of rotatable bonds is 31. The number of hydrogen-bond donors (Lipinski definition) is 2. The molecule has 0 radical (unpaired) electrons. The van der Waals surface area contributed by atoms with Gasteiger partial charge in [0, 0.05) is 61.1 Å². The van der Waals surface area contributed by atoms with E-state index in [1.165, 1.54) is 50.7 Å². The molecule has 0 unspecified atom stereocenters. The lowest BCUT2D eigenvalue weighted by Gasteiger charge is -2.60. The smallest absolute Gasteiger partial charge is 0.269 e. The number of allylic oxidation sites excluding steroid dienone is 1. The molecule has 1 fully saturated rings. The van der Waals surface area contributed by atoms with Gasteiger partial charge in [-0.15, -0.1) is 18.3 Å². The van der Waals surface area contributed by atoms with Crippen LogP contribution in [0.25, 0.3) is 0 Å². The number of benzene rings is 3. The van der Waals surface area contributed by atoms with Crippen molar-refractivity contribution in [2.24, 2.45) is 22.9 Å². The maximum atomic E-state index is 14.9. The molecule has 376 valence electrons. The number of carbonyl (C=O) groups excluding carboxylic acids is 1. The zero-order valence-electron chi connectivity index (χ0n) is 41.4. The molecule has 2 N–H and O–H groups in total. The van der Waals surface area contributed by atoms with Crippen LogP contribution in [0.2, 0.25) is 0 Å². The number of hydrogen-bond acceptors (Lipinski definition) is 11. The highest BCUT2D eigenvalue weighted by atomic mass is 32.2. The first-order valence-electron chi connectivity index (χ1n) is 25.8. The summed E-state index contributed by atoms with van der Waals surface area (Å²) < 4.78 is 21.2. The molecule has 0 saturated heterocycles. The Kier molecular flexibility index (Phi) is 21.5. The van der Waals surface area contributed by atoms with Gasteiger partial charge in [-0.25, -0.2) is 0 Å². The van der Waals surface area contributed by atoms with Crippen LogP contribution in [0.15, 0.2) is 101 Å². The van der Waals surface area contributed by atoms with E-state index < -0.39 is 22.7 Å². The monoisotopic (exact) mass is 968 g/mol. The number of aliphatic hydroxyl groups is 2. The molecule has 1 aliphatic heterocycles. The van der Waals surface area contributed by atoms with E-state index in [0.717, 1.165) is 78.7 Å². The van der Waals surface area contributed by atoms with E-state index in [1.807, 2.05) is 47.6 Å². The molecule has 1 saturated carbocycles. The van der Waals surface area contributed by atoms with E-state index in [2.05, 4.69) is 32.6 Å². The Morgan fingerprint density at radius 2 is 1.58 bits per heavy atom. The van der Waals surface area contributed by atoms with Crippen molar-refractivity contribution in [1.82, 2.24) is 4.90 Å². The van der Waals surface area contributed by atoms with Crippen LogP contribution in [-0.4, -0.2) is 76.1 Å². The molecule has 69 heavy (non-hydrogen) atoms. The zero-order chi connectivity index (χ0) is 49.0. The zero-order valence-corrected chi connectivity index (χ0v) is 42.2. The van der Waals surface area contributed by atoms with Crippen LogP contribution >= 0.6 is 11.8 Å². The summed E-state index contributed by atoms with van der Waals surface area (Å²) in [5.74, 6) is 0.262. The molecule has 3 aromatic carbocycles. The highest BCUT2D eigenvalue weighted by molar-refractivity contribution is 7.98. The third-order valence-electron chi connectivity index (χ3n) is 14.1. The number of carbonyl (C=O) groups is 1. The topological polar surface area (TPSA) is 153 Å². The SMILES string of the molecule is C=CCO[C@@]12Oc3ccc(Oc4ccc(SC)cc4)cc3[C@H]3[C@H](CCCCO)[C@@H](CCCCO)C=C(C(=NOCc4ccc([N+](=O)[O-])cc4)C[C@@H]1N(CCC)C(=O)CCCCCCCCCCC)[C@H]32. The summed E-state index contributed by atoms with van der Waals surface area (Å²) in [7, 11) is 0. The van der Waals surface area contributed by atoms with Crippen LogP contribution < -0.4 is 9.47 Å². The second kappa shape index (κ2) is 27.6. The first-order valence-corrected chi connectivity index (χ1v) is 27.0. The molecule has 0 aromatic heterocycles. The molecule has 3 aliphatic rings. The Bertz CT molecular complexity index is 2150. The van der Waals surface area contributed by atoms with Gasteiger partial charge >= 0.3 is 0 Å². The molecule has 6 atom stereocenters. The van der Waals surface area contributed by atoms with Gasteiger partial charge in [-0.2, -0.15) is 0 Å². The number of non-ortho nitro benzene ring substituents is 1. The molecular formula is C56H77N3O9S. The van der Waals surface area contributed by atoms with Crippen molar-refractivity contribution < 1.29 is 39.0 Å². The molecule has 2 aliphatic carbocycles. The summed E-state index contributed by atoms with van der Waals surface area (Å²) in [6.07, 6.45) is 22.5. The van der Waals surface area contributed by atoms with Gasteiger partial charge in [0.1, 0.15) is 29.9 Å². The van der Waals surface area contributed by atoms with E-state index in [0.29, 0.717) is 49.4 Å². The normalized spacial score (nSPS) is 22.0. The summed E-state index contributed by atoms with van der Waals surface area (Å²) in [5, 5.41) is 36.4. The average molecular weight is 968 g/mol. The van der Waals surface area contributed by atoms with Gasteiger partial charge in [-0.3, -0.25) is 14.9 Å². The molecule has 13 heteroatoms. The molecule has 1 heterocycles. The Balaban J connectivity index is 1.47. The van der Waals surface area contributed by atoms with Crippen molar-refractivity contribution in [3.05, 3.63) is 112 Å². The lowest BCUT2D eigenvalue weighted by atomic mass is 9.55. The fourth-order valence-corrected chi connectivity index (χ4v) is 11.2. The second-order valence-electron chi connectivity index (χ2n) is 18.9. The van der Waals surface area contributed by atoms with Crippen LogP contribution in [0, 0.1) is 27.9 Å². The third-order valence-corrected chi connectivity index (χ3v) is 14.9. The molecule has 1 amide bonds. The highest BCUT2D eigenvalue weighted by Gasteiger charge is 2.65. The molecule has 3 aromatic rings. The van der Waals surface area contributed by atoms with Crippen LogP contribution in [0.3, 0.4) is 0 Å². The van der Waals surface area contributed by atoms with Gasteiger partial charge in [-0.05, 0) is 122 Å². The standard InChI is InChI=1S/C56H77N3O9S/c1-5-8-9-10-11-12-13-14-15-22-53(62)58(33-6-2)52-39-50(57-66-40-41-23-25-43(26-24-41)59(63)64)48-37-42(20-16-18-34-60)47(21-17-19-35-61)54-49-38-45(67-44-27-30-46(69-4)31-28-44)29-32-51(49)68-56(52,55(48)54)65-36-7-3/h7,23-32,37-38,42,47,52,54-55,60-61H,3,5-6,8-22,33-36,39-40H2,1-2,4H3/t42-,47+,52-,54+,55+,56+/m0/s1. The second-order valence-corrected chi connectivity index (χ2v) is 19.8. The van der Waals surface area contributed by atoms with E-state index in [1.54, 1.807) is 30.0 Å². The summed E-state index contributed by atoms with van der Waals surface area (Å²) in [6.45, 7) is 9.37. The summed E-state index contributed by atoms with van der Waals surface area (Å²) in [5.41, 5.74) is 3.37. The average Bonchev–Trinajstić information content (AvgIpc) is 3.36. The van der Waals surface area contributed by atoms with Gasteiger partial charge in [-0.1, -0.05) is 95.4 Å². The lowest BCUT2D eigenvalue weighted by Crippen LogP contribution is -2.70. The van der Waals surface area contributed by atoms with E-state index in [-0.39, 0.29) is 55.8 Å². The van der Waals surface area contributed by atoms with Crippen molar-refractivity contribution >= 4 is 29.1 Å². The van der Waals surface area contributed by atoms with Crippen molar-refractivity contribution in [3.63, 3.8) is 0 Å². The van der Waals surface area contributed by atoms with Gasteiger partial charge in [0.25, 0.3) is 5.69 Å². The number of unbranched alkanes of at least 4 members (excludes halogenated alkanes) is 10. The predicted octanol–water partition coefficient (Wildman–Crippen LogP) is 13.1. The van der Waals surface area contributed by atoms with Crippen molar-refractivity contribution in [1.29, 1.82) is 0 Å². The molecule has 0 bridgehead atoms. The minimum absolute atomic E-state index is 0.00189. The summed E-state index contributed by atoms with van der Waals surface area (Å²) in [4.78, 5) is 35.3. The maximum Gasteiger partial charge on any atom is 0.269 e. The van der Waals surface area contributed by atoms with Crippen LogP contribution in [0.1, 0.15) is 146 Å². The van der Waals surface area contributed by atoms with E-state index in [4.69, 9.17) is 24.2 Å². The van der Waals surface area contributed by atoms with E-state index in [9.17, 15) is 25.1 Å². The van der Waals surface area contributed by atoms with Gasteiger partial charge in [0.15, 0.2) is 0 Å². The number of nitro benzene ring substituents is 1. The van der Waals surface area contributed by atoms with Gasteiger partial charge < -0.3 is 34.2 Å². The summed E-state index contributed by atoms with van der Waals surface area (Å²) in [6, 6.07) is 19.8. The lowest BCUT2D eigenvalue weighted by molar-refractivity contribution is -0.384. The highest BCUT2D eigenvalue weighted by Crippen LogP contribution is 2.62. The third kappa shape index (κ3) is 14.0. The summed E-state index contributed by atoms with van der Waals surface area (Å²) >= 11 is 1.67. The number of nitro groups is 1. The fraction of sp³-hybridized carbons (Fsp3) is 0.571. The number of amides is 1. The van der Waals surface area contributed by atoms with Crippen molar-refractivity contribution in [3.8, 4) is 17.2 Å². The van der Waals surface area contributed by atoms with Crippen molar-refractivity contribution in [2.75, 3.05) is 32.6 Å². The van der Waals surface area contributed by atoms with E-state index >= 15 is 0 Å². The Labute approximate surface area is 415 Å². The molecule has 6 rings (SSSR count). The van der Waals surface area contributed by atoms with Gasteiger partial charge in [0.05, 0.1) is 23.2 Å². The minimum atomic E-state index is -1.35. The van der Waals surface area contributed by atoms with Crippen LogP contribution in [0.4, 0.5) is 5.69 Å². The number of aliphatic hydroxyl groups excluding tert-OH is 2. The van der Waals surface area contributed by atoms with Crippen molar-refractivity contribution in [2.45, 2.75) is 159 Å². The Hall–Kier alpha value is -4.69. The number of fused-ring (bicyclic) bond motifs is 2. The number of ether oxygens (including phenoxy) is 3.